The summed E-state index contributed by atoms with van der Waals surface area (Å²) in [5, 5.41) is 0. The van der Waals surface area contributed by atoms with Gasteiger partial charge in [0.1, 0.15) is 5.65 Å². The van der Waals surface area contributed by atoms with Crippen LogP contribution in [0.25, 0.3) is 16.9 Å². The second kappa shape index (κ2) is 3.98. The highest BCUT2D eigenvalue weighted by Gasteiger charge is 2.08. The van der Waals surface area contributed by atoms with E-state index in [1.54, 1.807) is 0 Å². The maximum absolute atomic E-state index is 4.75. The lowest BCUT2D eigenvalue weighted by molar-refractivity contribution is 1.16. The first-order valence-electron chi connectivity index (χ1n) is 6.17. The van der Waals surface area contributed by atoms with Gasteiger partial charge in [-0.05, 0) is 44.0 Å². The quantitative estimate of drug-likeness (QED) is 0.626. The maximum Gasteiger partial charge on any atom is 0.140 e. The first-order chi connectivity index (χ1) is 8.65. The predicted octanol–water partition coefficient (Wildman–Crippen LogP) is 3.93. The fraction of sp³-hybridized carbons (Fsp3) is 0.188. The molecule has 18 heavy (non-hydrogen) atoms. The van der Waals surface area contributed by atoms with Crippen molar-refractivity contribution < 1.29 is 0 Å². The van der Waals surface area contributed by atoms with E-state index in [2.05, 4.69) is 61.7 Å². The van der Waals surface area contributed by atoms with Gasteiger partial charge in [-0.15, -0.1) is 0 Å². The van der Waals surface area contributed by atoms with Crippen molar-refractivity contribution in [3.05, 3.63) is 59.4 Å². The number of hydrogen-bond donors (Lipinski definition) is 0. The number of benzene rings is 1. The van der Waals surface area contributed by atoms with Gasteiger partial charge in [0.25, 0.3) is 0 Å². The minimum absolute atomic E-state index is 1.04. The molecule has 0 bridgehead atoms. The van der Waals surface area contributed by atoms with Gasteiger partial charge in [-0.25, -0.2) is 4.98 Å². The van der Waals surface area contributed by atoms with Crippen LogP contribution in [0.2, 0.25) is 0 Å². The molecule has 2 heteroatoms. The van der Waals surface area contributed by atoms with Gasteiger partial charge in [0, 0.05) is 18.0 Å². The fourth-order valence-electron chi connectivity index (χ4n) is 2.30. The molecule has 2 nitrogen and oxygen atoms in total. The number of hydrogen-bond acceptors (Lipinski definition) is 1. The minimum atomic E-state index is 1.04. The van der Waals surface area contributed by atoms with Crippen LogP contribution in [0.5, 0.6) is 0 Å². The minimum Gasteiger partial charge on any atom is -0.306 e. The van der Waals surface area contributed by atoms with E-state index < -0.39 is 0 Å². The van der Waals surface area contributed by atoms with Crippen molar-refractivity contribution in [3.8, 4) is 11.3 Å². The molecule has 0 atom stereocenters. The lowest BCUT2D eigenvalue weighted by Gasteiger charge is -2.03. The average molecular weight is 236 g/mol. The molecule has 3 aromatic rings. The molecule has 0 amide bonds. The average Bonchev–Trinajstić information content (AvgIpc) is 2.77. The summed E-state index contributed by atoms with van der Waals surface area (Å²) in [6.07, 6.45) is 4.15. The molecule has 2 heterocycles. The summed E-state index contributed by atoms with van der Waals surface area (Å²) in [5.41, 5.74) is 7.04. The van der Waals surface area contributed by atoms with Crippen LogP contribution in [-0.2, 0) is 0 Å². The van der Waals surface area contributed by atoms with Crippen molar-refractivity contribution >= 4 is 5.65 Å². The third kappa shape index (κ3) is 1.70. The standard InChI is InChI=1S/C16H16N2/c1-11-6-7-12(2)14(9-11)15-10-18-8-4-5-13(3)16(18)17-15/h4-10H,1-3H3. The number of pyridine rings is 1. The van der Waals surface area contributed by atoms with Crippen LogP contribution in [0, 0.1) is 20.8 Å². The van der Waals surface area contributed by atoms with Crippen LogP contribution in [0.15, 0.2) is 42.7 Å². The van der Waals surface area contributed by atoms with Crippen molar-refractivity contribution in [1.29, 1.82) is 0 Å². The third-order valence-electron chi connectivity index (χ3n) is 3.35. The Morgan fingerprint density at radius 1 is 1.00 bits per heavy atom. The number of imidazole rings is 1. The van der Waals surface area contributed by atoms with Gasteiger partial charge in [-0.1, -0.05) is 23.8 Å². The number of aryl methyl sites for hydroxylation is 3. The van der Waals surface area contributed by atoms with Crippen LogP contribution in [0.4, 0.5) is 0 Å². The zero-order valence-electron chi connectivity index (χ0n) is 10.9. The van der Waals surface area contributed by atoms with Gasteiger partial charge in [0.05, 0.1) is 5.69 Å². The smallest absolute Gasteiger partial charge is 0.140 e. The summed E-state index contributed by atoms with van der Waals surface area (Å²) in [6, 6.07) is 10.6. The van der Waals surface area contributed by atoms with Gasteiger partial charge >= 0.3 is 0 Å². The summed E-state index contributed by atoms with van der Waals surface area (Å²) in [4.78, 5) is 4.75. The first kappa shape index (κ1) is 11.0. The molecule has 90 valence electrons. The van der Waals surface area contributed by atoms with Gasteiger partial charge in [0.15, 0.2) is 0 Å². The number of fused-ring (bicyclic) bond motifs is 1. The van der Waals surface area contributed by atoms with Crippen LogP contribution >= 0.6 is 0 Å². The Bertz CT molecular complexity index is 723. The second-order valence-corrected chi connectivity index (χ2v) is 4.87. The molecule has 0 aliphatic heterocycles. The van der Waals surface area contributed by atoms with E-state index in [9.17, 15) is 0 Å². The molecule has 3 rings (SSSR count). The van der Waals surface area contributed by atoms with Crippen LogP contribution in [0.1, 0.15) is 16.7 Å². The summed E-state index contributed by atoms with van der Waals surface area (Å²) in [5.74, 6) is 0. The molecule has 0 unspecified atom stereocenters. The summed E-state index contributed by atoms with van der Waals surface area (Å²) in [6.45, 7) is 6.34. The van der Waals surface area contributed by atoms with Gasteiger partial charge in [-0.2, -0.15) is 0 Å². The van der Waals surface area contributed by atoms with Crippen LogP contribution in [0.3, 0.4) is 0 Å². The van der Waals surface area contributed by atoms with Gasteiger partial charge in [-0.3, -0.25) is 0 Å². The maximum atomic E-state index is 4.75. The predicted molar refractivity (Wildman–Crippen MR) is 74.8 cm³/mol. The molecule has 0 fully saturated rings. The molecule has 1 aromatic carbocycles. The highest BCUT2D eigenvalue weighted by Crippen LogP contribution is 2.24. The van der Waals surface area contributed by atoms with Crippen molar-refractivity contribution in [2.45, 2.75) is 20.8 Å². The van der Waals surface area contributed by atoms with E-state index in [-0.39, 0.29) is 0 Å². The van der Waals surface area contributed by atoms with E-state index in [4.69, 9.17) is 4.98 Å². The van der Waals surface area contributed by atoms with Gasteiger partial charge < -0.3 is 4.40 Å². The molecule has 0 aliphatic rings. The zero-order chi connectivity index (χ0) is 12.7. The molecule has 0 saturated carbocycles. The van der Waals surface area contributed by atoms with E-state index in [0.717, 1.165) is 11.3 Å². The molecular weight excluding hydrogens is 220 g/mol. The molecule has 0 saturated heterocycles. The fourth-order valence-corrected chi connectivity index (χ4v) is 2.30. The number of nitrogens with zero attached hydrogens (tertiary/aromatic N) is 2. The van der Waals surface area contributed by atoms with Crippen molar-refractivity contribution in [1.82, 2.24) is 9.38 Å². The highest BCUT2D eigenvalue weighted by molar-refractivity contribution is 5.67. The Kier molecular flexibility index (Phi) is 2.44. The third-order valence-corrected chi connectivity index (χ3v) is 3.35. The normalized spacial score (nSPS) is 11.1. The van der Waals surface area contributed by atoms with E-state index in [1.807, 2.05) is 6.20 Å². The van der Waals surface area contributed by atoms with E-state index in [1.165, 1.54) is 22.3 Å². The second-order valence-electron chi connectivity index (χ2n) is 4.87. The van der Waals surface area contributed by atoms with Gasteiger partial charge in [0.2, 0.25) is 0 Å². The lowest BCUT2D eigenvalue weighted by Crippen LogP contribution is -1.85. The monoisotopic (exact) mass is 236 g/mol. The van der Waals surface area contributed by atoms with Crippen LogP contribution < -0.4 is 0 Å². The topological polar surface area (TPSA) is 17.3 Å². The molecule has 2 aromatic heterocycles. The SMILES string of the molecule is Cc1ccc(C)c(-c2cn3cccc(C)c3n2)c1. The van der Waals surface area contributed by atoms with E-state index in [0.29, 0.717) is 0 Å². The lowest BCUT2D eigenvalue weighted by atomic mass is 10.0. The van der Waals surface area contributed by atoms with Crippen molar-refractivity contribution in [2.24, 2.45) is 0 Å². The summed E-state index contributed by atoms with van der Waals surface area (Å²) >= 11 is 0. The Balaban J connectivity index is 2.26. The Labute approximate surface area is 107 Å². The first-order valence-corrected chi connectivity index (χ1v) is 6.17. The van der Waals surface area contributed by atoms with E-state index >= 15 is 0 Å². The number of aromatic nitrogens is 2. The van der Waals surface area contributed by atoms with Crippen molar-refractivity contribution in [3.63, 3.8) is 0 Å². The Hall–Kier alpha value is -2.09. The van der Waals surface area contributed by atoms with Crippen molar-refractivity contribution in [2.75, 3.05) is 0 Å². The Morgan fingerprint density at radius 3 is 2.61 bits per heavy atom. The van der Waals surface area contributed by atoms with Crippen LogP contribution in [-0.4, -0.2) is 9.38 Å². The molecule has 0 N–H and O–H groups in total. The molecule has 0 radical (unpaired) electrons. The largest absolute Gasteiger partial charge is 0.306 e. The number of rotatable bonds is 1. The summed E-state index contributed by atoms with van der Waals surface area (Å²) < 4.78 is 2.09. The molecular formula is C16H16N2. The summed E-state index contributed by atoms with van der Waals surface area (Å²) in [7, 11) is 0. The molecule has 0 spiro atoms. The zero-order valence-corrected chi connectivity index (χ0v) is 10.9. The highest BCUT2D eigenvalue weighted by atomic mass is 15.0. The molecule has 0 aliphatic carbocycles. The Morgan fingerprint density at radius 2 is 1.83 bits per heavy atom.